The molecule has 2 aromatic carbocycles. The van der Waals surface area contributed by atoms with Crippen LogP contribution in [0.5, 0.6) is 0 Å². The zero-order valence-corrected chi connectivity index (χ0v) is 15.4. The van der Waals surface area contributed by atoms with Crippen LogP contribution in [0.2, 0.25) is 0 Å². The molecule has 4 rings (SSSR count). The third-order valence-corrected chi connectivity index (χ3v) is 6.78. The van der Waals surface area contributed by atoms with E-state index >= 15 is 0 Å². The summed E-state index contributed by atoms with van der Waals surface area (Å²) in [4.78, 5) is 13.4. The second-order valence-corrected chi connectivity index (χ2v) is 8.35. The standard InChI is InChI=1S/C19H20N2O2S2/c22-18-14-8-2-4-10-16(14)24-20(18)12-6-1-7-13-21-19(23)15-9-3-5-11-17(15)25-21/h2-5,8-11,18,22H,1,6-7,12-13H2. The number of aryl methyl sites for hydroxylation is 1. The highest BCUT2D eigenvalue weighted by Crippen LogP contribution is 2.42. The van der Waals surface area contributed by atoms with Crippen molar-refractivity contribution in [1.82, 2.24) is 8.26 Å². The van der Waals surface area contributed by atoms with Gasteiger partial charge in [0, 0.05) is 23.5 Å². The smallest absolute Gasteiger partial charge is 0.268 e. The number of unbranched alkanes of at least 4 members (excludes halogenated alkanes) is 2. The second kappa shape index (κ2) is 7.33. The van der Waals surface area contributed by atoms with Crippen LogP contribution in [-0.4, -0.2) is 19.9 Å². The number of rotatable bonds is 6. The van der Waals surface area contributed by atoms with Crippen molar-refractivity contribution < 1.29 is 5.11 Å². The van der Waals surface area contributed by atoms with Gasteiger partial charge in [0.1, 0.15) is 6.23 Å². The highest BCUT2D eigenvalue weighted by Gasteiger charge is 2.28. The molecule has 4 nitrogen and oxygen atoms in total. The van der Waals surface area contributed by atoms with Crippen LogP contribution in [0.3, 0.4) is 0 Å². The Morgan fingerprint density at radius 2 is 1.72 bits per heavy atom. The van der Waals surface area contributed by atoms with E-state index in [1.165, 1.54) is 0 Å². The van der Waals surface area contributed by atoms with Crippen LogP contribution in [0.1, 0.15) is 31.1 Å². The highest BCUT2D eigenvalue weighted by molar-refractivity contribution is 7.97. The van der Waals surface area contributed by atoms with Gasteiger partial charge < -0.3 is 5.11 Å². The molecule has 0 saturated carbocycles. The first-order valence-electron chi connectivity index (χ1n) is 8.54. The monoisotopic (exact) mass is 372 g/mol. The molecule has 1 unspecified atom stereocenters. The normalized spacial score (nSPS) is 17.2. The summed E-state index contributed by atoms with van der Waals surface area (Å²) in [6.07, 6.45) is 2.53. The third-order valence-electron chi connectivity index (χ3n) is 4.48. The van der Waals surface area contributed by atoms with E-state index in [0.717, 1.165) is 52.9 Å². The van der Waals surface area contributed by atoms with Gasteiger partial charge in [0.25, 0.3) is 5.56 Å². The molecule has 1 atom stereocenters. The topological polar surface area (TPSA) is 45.5 Å². The molecule has 0 fully saturated rings. The Morgan fingerprint density at radius 3 is 2.56 bits per heavy atom. The molecule has 1 aromatic heterocycles. The number of hydrogen-bond donors (Lipinski definition) is 1. The van der Waals surface area contributed by atoms with Crippen molar-refractivity contribution in [2.45, 2.75) is 36.9 Å². The van der Waals surface area contributed by atoms with Crippen LogP contribution in [0.25, 0.3) is 10.1 Å². The van der Waals surface area contributed by atoms with Crippen molar-refractivity contribution in [2.24, 2.45) is 0 Å². The molecule has 6 heteroatoms. The SMILES string of the molecule is O=c1c2ccccc2sn1CCCCCN1Sc2ccccc2C1O. The van der Waals surface area contributed by atoms with E-state index in [1.807, 2.05) is 50.7 Å². The van der Waals surface area contributed by atoms with Gasteiger partial charge in [-0.05, 0) is 43.0 Å². The summed E-state index contributed by atoms with van der Waals surface area (Å²) < 4.78 is 4.96. The van der Waals surface area contributed by atoms with Gasteiger partial charge in [-0.2, -0.15) is 0 Å². The van der Waals surface area contributed by atoms with Crippen molar-refractivity contribution in [1.29, 1.82) is 0 Å². The van der Waals surface area contributed by atoms with Crippen molar-refractivity contribution >= 4 is 33.6 Å². The first kappa shape index (κ1) is 16.8. The Kier molecular flexibility index (Phi) is 4.94. The van der Waals surface area contributed by atoms with Gasteiger partial charge in [0.2, 0.25) is 0 Å². The predicted octanol–water partition coefficient (Wildman–Crippen LogP) is 4.25. The summed E-state index contributed by atoms with van der Waals surface area (Å²) in [6.45, 7) is 1.62. The fourth-order valence-electron chi connectivity index (χ4n) is 3.14. The second-order valence-electron chi connectivity index (χ2n) is 6.20. The molecule has 2 heterocycles. The lowest BCUT2D eigenvalue weighted by Gasteiger charge is -2.18. The number of fused-ring (bicyclic) bond motifs is 2. The van der Waals surface area contributed by atoms with Crippen LogP contribution in [-0.2, 0) is 6.54 Å². The maximum absolute atomic E-state index is 12.3. The lowest BCUT2D eigenvalue weighted by molar-refractivity contribution is 0.0741. The van der Waals surface area contributed by atoms with E-state index in [0.29, 0.717) is 0 Å². The number of aliphatic hydroxyl groups is 1. The average Bonchev–Trinajstić information content (AvgIpc) is 3.13. The third kappa shape index (κ3) is 3.40. The number of hydrogen-bond acceptors (Lipinski definition) is 5. The zero-order chi connectivity index (χ0) is 17.2. The molecule has 0 radical (unpaired) electrons. The Morgan fingerprint density at radius 1 is 0.960 bits per heavy atom. The lowest BCUT2D eigenvalue weighted by Crippen LogP contribution is -2.18. The first-order valence-corrected chi connectivity index (χ1v) is 10.1. The van der Waals surface area contributed by atoms with Gasteiger partial charge >= 0.3 is 0 Å². The highest BCUT2D eigenvalue weighted by atomic mass is 32.2. The largest absolute Gasteiger partial charge is 0.373 e. The van der Waals surface area contributed by atoms with Gasteiger partial charge in [0.15, 0.2) is 0 Å². The summed E-state index contributed by atoms with van der Waals surface area (Å²) in [7, 11) is 0. The molecule has 1 aliphatic rings. The molecule has 0 spiro atoms. The van der Waals surface area contributed by atoms with Crippen molar-refractivity contribution in [2.75, 3.05) is 6.54 Å². The maximum atomic E-state index is 12.3. The fourth-order valence-corrected chi connectivity index (χ4v) is 5.28. The van der Waals surface area contributed by atoms with Gasteiger partial charge in [0.05, 0.1) is 10.1 Å². The van der Waals surface area contributed by atoms with Crippen LogP contribution in [0, 0.1) is 0 Å². The fraction of sp³-hybridized carbons (Fsp3) is 0.316. The van der Waals surface area contributed by atoms with Gasteiger partial charge in [-0.25, -0.2) is 4.31 Å². The van der Waals surface area contributed by atoms with E-state index in [1.54, 1.807) is 23.5 Å². The lowest BCUT2D eigenvalue weighted by atomic mass is 10.2. The quantitative estimate of drug-likeness (QED) is 0.519. The van der Waals surface area contributed by atoms with Crippen LogP contribution >= 0.6 is 23.5 Å². The molecule has 130 valence electrons. The number of nitrogens with zero attached hydrogens (tertiary/aromatic N) is 2. The van der Waals surface area contributed by atoms with E-state index < -0.39 is 6.23 Å². The molecule has 1 N–H and O–H groups in total. The van der Waals surface area contributed by atoms with Crippen molar-refractivity contribution in [3.05, 3.63) is 64.4 Å². The summed E-state index contributed by atoms with van der Waals surface area (Å²) in [5.74, 6) is 0. The number of aromatic nitrogens is 1. The molecule has 1 aliphatic heterocycles. The van der Waals surface area contributed by atoms with Crippen LogP contribution < -0.4 is 5.56 Å². The minimum Gasteiger partial charge on any atom is -0.373 e. The number of benzene rings is 2. The average molecular weight is 373 g/mol. The molecule has 0 saturated heterocycles. The maximum Gasteiger partial charge on any atom is 0.268 e. The van der Waals surface area contributed by atoms with E-state index in [2.05, 4.69) is 6.07 Å². The van der Waals surface area contributed by atoms with Gasteiger partial charge in [-0.1, -0.05) is 48.3 Å². The van der Waals surface area contributed by atoms with Crippen molar-refractivity contribution in [3.8, 4) is 0 Å². The summed E-state index contributed by atoms with van der Waals surface area (Å²) in [6, 6.07) is 15.8. The number of aliphatic hydroxyl groups excluding tert-OH is 1. The van der Waals surface area contributed by atoms with E-state index in [-0.39, 0.29) is 5.56 Å². The zero-order valence-electron chi connectivity index (χ0n) is 13.8. The summed E-state index contributed by atoms with van der Waals surface area (Å²) in [5.41, 5.74) is 1.13. The Labute approximate surface area is 155 Å². The van der Waals surface area contributed by atoms with Gasteiger partial charge in [-0.15, -0.1) is 0 Å². The molecule has 0 bridgehead atoms. The Bertz CT molecular complexity index is 934. The van der Waals surface area contributed by atoms with Crippen molar-refractivity contribution in [3.63, 3.8) is 0 Å². The first-order chi connectivity index (χ1) is 12.2. The molecule has 0 aliphatic carbocycles. The summed E-state index contributed by atoms with van der Waals surface area (Å²) >= 11 is 3.18. The molecule has 3 aromatic rings. The predicted molar refractivity (Wildman–Crippen MR) is 104 cm³/mol. The molecule has 0 amide bonds. The van der Waals surface area contributed by atoms with Crippen LogP contribution in [0.4, 0.5) is 0 Å². The Balaban J connectivity index is 1.26. The van der Waals surface area contributed by atoms with E-state index in [9.17, 15) is 9.90 Å². The van der Waals surface area contributed by atoms with E-state index in [4.69, 9.17) is 0 Å². The molecular weight excluding hydrogens is 352 g/mol. The molecular formula is C19H20N2O2S2. The molecule has 25 heavy (non-hydrogen) atoms. The Hall–Kier alpha value is -1.60. The minimum atomic E-state index is -0.508. The van der Waals surface area contributed by atoms with Gasteiger partial charge in [-0.3, -0.25) is 8.75 Å². The summed E-state index contributed by atoms with van der Waals surface area (Å²) in [5, 5.41) is 11.2. The minimum absolute atomic E-state index is 0.126. The van der Waals surface area contributed by atoms with Crippen LogP contribution in [0.15, 0.2) is 58.2 Å².